The van der Waals surface area contributed by atoms with Crippen molar-refractivity contribution in [3.05, 3.63) is 24.2 Å². The second kappa shape index (κ2) is 6.25. The fraction of sp³-hybridized carbons (Fsp3) is 0.500. The minimum Gasteiger partial charge on any atom is -0.383 e. The molecule has 1 saturated heterocycles. The number of hydrogen-bond donors (Lipinski definition) is 1. The Bertz CT molecular complexity index is 817. The smallest absolute Gasteiger partial charge is 0.275 e. The van der Waals surface area contributed by atoms with Gasteiger partial charge in [-0.2, -0.15) is 5.10 Å². The molecule has 0 aliphatic carbocycles. The fourth-order valence-electron chi connectivity index (χ4n) is 2.82. The van der Waals surface area contributed by atoms with Crippen molar-refractivity contribution in [1.82, 2.24) is 20.1 Å². The Hall–Kier alpha value is -2.00. The third-order valence-electron chi connectivity index (χ3n) is 4.01. The number of nitrogens with zero attached hydrogens (tertiary/aromatic N) is 3. The minimum absolute atomic E-state index is 0.0109. The number of carbonyl (C=O) groups excluding carboxylic acids is 1. The van der Waals surface area contributed by atoms with Crippen LogP contribution in [0.25, 0.3) is 10.9 Å². The monoisotopic (exact) mass is 338 g/mol. The average molecular weight is 338 g/mol. The van der Waals surface area contributed by atoms with Crippen LogP contribution >= 0.6 is 0 Å². The van der Waals surface area contributed by atoms with Crippen LogP contribution in [0.15, 0.2) is 18.5 Å². The molecule has 124 valence electrons. The van der Waals surface area contributed by atoms with E-state index >= 15 is 0 Å². The van der Waals surface area contributed by atoms with E-state index in [2.05, 4.69) is 15.2 Å². The standard InChI is InChI=1S/C14H18N4O4S/c1-22-6-5-18(10-3-7-23(20,21)9-10)14(19)13-11-8-15-4-2-12(11)16-17-13/h2,4,8,10H,3,5-7,9H2,1H3,(H,16,17). The van der Waals surface area contributed by atoms with Crippen molar-refractivity contribution >= 4 is 26.6 Å². The predicted molar refractivity (Wildman–Crippen MR) is 83.9 cm³/mol. The molecule has 8 nitrogen and oxygen atoms in total. The first kappa shape index (κ1) is 15.9. The van der Waals surface area contributed by atoms with Crippen LogP contribution in [0, 0.1) is 0 Å². The lowest BCUT2D eigenvalue weighted by atomic mass is 10.1. The normalized spacial score (nSPS) is 20.0. The zero-order chi connectivity index (χ0) is 16.4. The predicted octanol–water partition coefficient (Wildman–Crippen LogP) is 0.234. The highest BCUT2D eigenvalue weighted by Gasteiger charge is 2.35. The number of carbonyl (C=O) groups is 1. The summed E-state index contributed by atoms with van der Waals surface area (Å²) in [6.07, 6.45) is 3.63. The molecule has 1 aliphatic rings. The molecule has 1 unspecified atom stereocenters. The van der Waals surface area contributed by atoms with Gasteiger partial charge in [-0.15, -0.1) is 0 Å². The van der Waals surface area contributed by atoms with Gasteiger partial charge in [0.25, 0.3) is 5.91 Å². The Labute approximate surface area is 133 Å². The summed E-state index contributed by atoms with van der Waals surface area (Å²) in [5, 5.41) is 7.51. The largest absolute Gasteiger partial charge is 0.383 e. The third kappa shape index (κ3) is 3.20. The molecule has 0 bridgehead atoms. The first-order chi connectivity index (χ1) is 11.0. The Morgan fingerprint density at radius 3 is 3.04 bits per heavy atom. The first-order valence-electron chi connectivity index (χ1n) is 7.30. The summed E-state index contributed by atoms with van der Waals surface area (Å²) in [5.41, 5.74) is 0.975. The van der Waals surface area contributed by atoms with Crippen molar-refractivity contribution in [3.63, 3.8) is 0 Å². The van der Waals surface area contributed by atoms with Crippen molar-refractivity contribution in [2.24, 2.45) is 0 Å². The van der Waals surface area contributed by atoms with Crippen molar-refractivity contribution < 1.29 is 17.9 Å². The number of fused-ring (bicyclic) bond motifs is 1. The van der Waals surface area contributed by atoms with Crippen LogP contribution in [0.3, 0.4) is 0 Å². The first-order valence-corrected chi connectivity index (χ1v) is 9.12. The highest BCUT2D eigenvalue weighted by molar-refractivity contribution is 7.91. The molecule has 3 heterocycles. The molecule has 0 saturated carbocycles. The lowest BCUT2D eigenvalue weighted by Crippen LogP contribution is -2.43. The highest BCUT2D eigenvalue weighted by atomic mass is 32.2. The summed E-state index contributed by atoms with van der Waals surface area (Å²) in [6, 6.07) is 1.39. The Morgan fingerprint density at radius 1 is 1.52 bits per heavy atom. The van der Waals surface area contributed by atoms with Crippen LogP contribution in [0.5, 0.6) is 0 Å². The quantitative estimate of drug-likeness (QED) is 0.837. The molecule has 3 rings (SSSR count). The summed E-state index contributed by atoms with van der Waals surface area (Å²) < 4.78 is 28.5. The van der Waals surface area contributed by atoms with E-state index in [9.17, 15) is 13.2 Å². The lowest BCUT2D eigenvalue weighted by Gasteiger charge is -2.27. The second-order valence-electron chi connectivity index (χ2n) is 5.54. The second-order valence-corrected chi connectivity index (χ2v) is 7.77. The number of sulfone groups is 1. The van der Waals surface area contributed by atoms with Crippen molar-refractivity contribution in [1.29, 1.82) is 0 Å². The SMILES string of the molecule is COCCN(C(=O)c1n[nH]c2ccncc12)C1CCS(=O)(=O)C1. The maximum atomic E-state index is 12.9. The molecule has 1 aliphatic heterocycles. The van der Waals surface area contributed by atoms with Crippen molar-refractivity contribution in [2.75, 3.05) is 31.8 Å². The molecule has 1 fully saturated rings. The Morgan fingerprint density at radius 2 is 2.35 bits per heavy atom. The molecule has 1 amide bonds. The maximum Gasteiger partial charge on any atom is 0.275 e. The Kier molecular flexibility index (Phi) is 4.31. The molecule has 0 aromatic carbocycles. The molecule has 2 aromatic heterocycles. The van der Waals surface area contributed by atoms with Gasteiger partial charge in [0.2, 0.25) is 0 Å². The lowest BCUT2D eigenvalue weighted by molar-refractivity contribution is 0.0620. The van der Waals surface area contributed by atoms with E-state index in [1.807, 2.05) is 0 Å². The minimum atomic E-state index is -3.09. The number of hydrogen-bond acceptors (Lipinski definition) is 6. The van der Waals surface area contributed by atoms with E-state index in [1.165, 1.54) is 0 Å². The van der Waals surface area contributed by atoms with E-state index < -0.39 is 9.84 Å². The van der Waals surface area contributed by atoms with Gasteiger partial charge < -0.3 is 9.64 Å². The van der Waals surface area contributed by atoms with Gasteiger partial charge >= 0.3 is 0 Å². The number of aromatic amines is 1. The Balaban J connectivity index is 1.91. The number of aromatic nitrogens is 3. The number of ether oxygens (including phenoxy) is 1. The summed E-state index contributed by atoms with van der Waals surface area (Å²) >= 11 is 0. The van der Waals surface area contributed by atoms with Gasteiger partial charge in [-0.1, -0.05) is 0 Å². The third-order valence-corrected chi connectivity index (χ3v) is 5.76. The number of pyridine rings is 1. The van der Waals surface area contributed by atoms with E-state index in [4.69, 9.17) is 4.74 Å². The highest BCUT2D eigenvalue weighted by Crippen LogP contribution is 2.22. The zero-order valence-electron chi connectivity index (χ0n) is 12.7. The van der Waals surface area contributed by atoms with E-state index in [1.54, 1.807) is 30.5 Å². The number of methoxy groups -OCH3 is 1. The van der Waals surface area contributed by atoms with Gasteiger partial charge in [0, 0.05) is 32.1 Å². The van der Waals surface area contributed by atoms with E-state index in [-0.39, 0.29) is 29.1 Å². The van der Waals surface area contributed by atoms with Crippen LogP contribution in [0.4, 0.5) is 0 Å². The zero-order valence-corrected chi connectivity index (χ0v) is 13.5. The van der Waals surface area contributed by atoms with Gasteiger partial charge in [-0.05, 0) is 12.5 Å². The van der Waals surface area contributed by atoms with Crippen LogP contribution in [0.2, 0.25) is 0 Å². The van der Waals surface area contributed by atoms with Gasteiger partial charge in [0.1, 0.15) is 0 Å². The number of amides is 1. The van der Waals surface area contributed by atoms with Gasteiger partial charge in [-0.25, -0.2) is 8.42 Å². The maximum absolute atomic E-state index is 12.9. The molecule has 9 heteroatoms. The van der Waals surface area contributed by atoms with Gasteiger partial charge in [-0.3, -0.25) is 14.9 Å². The summed E-state index contributed by atoms with van der Waals surface area (Å²) in [7, 11) is -1.54. The molecule has 1 atom stereocenters. The van der Waals surface area contributed by atoms with Crippen LogP contribution in [-0.4, -0.2) is 72.2 Å². The fourth-order valence-corrected chi connectivity index (χ4v) is 4.55. The topological polar surface area (TPSA) is 105 Å². The van der Waals surface area contributed by atoms with Gasteiger partial charge in [0.15, 0.2) is 15.5 Å². The molecule has 0 radical (unpaired) electrons. The van der Waals surface area contributed by atoms with Crippen molar-refractivity contribution in [3.8, 4) is 0 Å². The molecule has 23 heavy (non-hydrogen) atoms. The average Bonchev–Trinajstić information content (AvgIpc) is 3.11. The van der Waals surface area contributed by atoms with Crippen molar-refractivity contribution in [2.45, 2.75) is 12.5 Å². The van der Waals surface area contributed by atoms with Gasteiger partial charge in [0.05, 0.1) is 29.0 Å². The number of rotatable bonds is 5. The van der Waals surface area contributed by atoms with Crippen LogP contribution in [0.1, 0.15) is 16.9 Å². The van der Waals surface area contributed by atoms with E-state index in [0.29, 0.717) is 30.5 Å². The molecule has 2 aromatic rings. The molecule has 1 N–H and O–H groups in total. The van der Waals surface area contributed by atoms with Crippen LogP contribution < -0.4 is 0 Å². The number of H-pyrrole nitrogens is 1. The number of nitrogens with one attached hydrogen (secondary N) is 1. The summed E-state index contributed by atoms with van der Waals surface area (Å²) in [6.45, 7) is 0.660. The molecule has 0 spiro atoms. The summed E-state index contributed by atoms with van der Waals surface area (Å²) in [4.78, 5) is 18.5. The van der Waals surface area contributed by atoms with Crippen LogP contribution in [-0.2, 0) is 14.6 Å². The summed E-state index contributed by atoms with van der Waals surface area (Å²) in [5.74, 6) is -0.205. The molecular formula is C14H18N4O4S. The molecular weight excluding hydrogens is 320 g/mol. The van der Waals surface area contributed by atoms with E-state index in [0.717, 1.165) is 0 Å².